The lowest BCUT2D eigenvalue weighted by Gasteiger charge is -2.07. The number of rotatable bonds is 5. The van der Waals surface area contributed by atoms with E-state index >= 15 is 0 Å². The van der Waals surface area contributed by atoms with Crippen molar-refractivity contribution >= 4 is 11.5 Å². The summed E-state index contributed by atoms with van der Waals surface area (Å²) in [6.45, 7) is 2.14. The summed E-state index contributed by atoms with van der Waals surface area (Å²) in [5.41, 5.74) is 2.13. The number of ketones is 1. The van der Waals surface area contributed by atoms with Crippen LogP contribution in [0.2, 0.25) is 0 Å². The molecule has 1 aliphatic heterocycles. The summed E-state index contributed by atoms with van der Waals surface area (Å²) in [5.74, 6) is 0.671. The van der Waals surface area contributed by atoms with Crippen LogP contribution in [0.4, 0.5) is 5.69 Å². The van der Waals surface area contributed by atoms with Gasteiger partial charge in [-0.2, -0.15) is 0 Å². The molecule has 0 unspecified atom stereocenters. The molecule has 3 rings (SSSR count). The molecule has 0 radical (unpaired) electrons. The highest BCUT2D eigenvalue weighted by Crippen LogP contribution is 2.29. The van der Waals surface area contributed by atoms with E-state index in [-0.39, 0.29) is 23.8 Å². The zero-order chi connectivity index (χ0) is 16.4. The first-order valence-corrected chi connectivity index (χ1v) is 7.21. The minimum atomic E-state index is -0.514. The van der Waals surface area contributed by atoms with Gasteiger partial charge in [0.15, 0.2) is 18.1 Å². The van der Waals surface area contributed by atoms with E-state index in [0.29, 0.717) is 12.2 Å². The molecule has 0 amide bonds. The van der Waals surface area contributed by atoms with E-state index in [1.54, 1.807) is 31.2 Å². The lowest BCUT2D eigenvalue weighted by molar-refractivity contribution is -0.385. The Morgan fingerprint density at radius 2 is 2.13 bits per heavy atom. The summed E-state index contributed by atoms with van der Waals surface area (Å²) in [6.07, 6.45) is 0.779. The lowest BCUT2D eigenvalue weighted by atomic mass is 10.1. The molecule has 0 saturated carbocycles. The van der Waals surface area contributed by atoms with Gasteiger partial charge in [-0.3, -0.25) is 14.9 Å². The molecule has 118 valence electrons. The van der Waals surface area contributed by atoms with Gasteiger partial charge in [0.1, 0.15) is 5.75 Å². The van der Waals surface area contributed by atoms with Crippen LogP contribution in [-0.4, -0.2) is 23.9 Å². The number of carbonyl (C=O) groups is 1. The third-order valence-corrected chi connectivity index (χ3v) is 3.68. The average molecular weight is 313 g/mol. The quantitative estimate of drug-likeness (QED) is 0.481. The number of benzene rings is 2. The van der Waals surface area contributed by atoms with E-state index < -0.39 is 4.92 Å². The van der Waals surface area contributed by atoms with Crippen LogP contribution in [0.15, 0.2) is 36.4 Å². The van der Waals surface area contributed by atoms with Gasteiger partial charge >= 0.3 is 5.69 Å². The van der Waals surface area contributed by atoms with E-state index in [1.807, 2.05) is 0 Å². The van der Waals surface area contributed by atoms with E-state index in [0.717, 1.165) is 23.3 Å². The second kappa shape index (κ2) is 6.08. The van der Waals surface area contributed by atoms with Crippen molar-refractivity contribution in [3.63, 3.8) is 0 Å². The van der Waals surface area contributed by atoms with E-state index in [9.17, 15) is 14.9 Å². The number of aryl methyl sites for hydroxylation is 1. The van der Waals surface area contributed by atoms with E-state index in [4.69, 9.17) is 9.47 Å². The minimum Gasteiger partial charge on any atom is -0.493 e. The van der Waals surface area contributed by atoms with Gasteiger partial charge in [-0.25, -0.2) is 0 Å². The molecular formula is C17H15NO5. The summed E-state index contributed by atoms with van der Waals surface area (Å²) in [4.78, 5) is 22.8. The van der Waals surface area contributed by atoms with Crippen molar-refractivity contribution in [3.05, 3.63) is 63.2 Å². The fraction of sp³-hybridized carbons (Fsp3) is 0.235. The van der Waals surface area contributed by atoms with Gasteiger partial charge in [-0.1, -0.05) is 6.07 Å². The van der Waals surface area contributed by atoms with E-state index in [2.05, 4.69) is 0 Å². The normalized spacial score (nSPS) is 12.4. The Kier molecular flexibility index (Phi) is 3.97. The highest BCUT2D eigenvalue weighted by molar-refractivity contribution is 5.97. The lowest BCUT2D eigenvalue weighted by Crippen LogP contribution is -2.12. The van der Waals surface area contributed by atoms with Crippen LogP contribution in [0.25, 0.3) is 0 Å². The Bertz CT molecular complexity index is 785. The first-order valence-electron chi connectivity index (χ1n) is 7.21. The second-order valence-corrected chi connectivity index (χ2v) is 5.36. The summed E-state index contributed by atoms with van der Waals surface area (Å²) in [6, 6.07) is 9.88. The van der Waals surface area contributed by atoms with Gasteiger partial charge in [0.05, 0.1) is 11.5 Å². The number of ether oxygens (including phenoxy) is 2. The summed E-state index contributed by atoms with van der Waals surface area (Å²) >= 11 is 0. The zero-order valence-electron chi connectivity index (χ0n) is 12.6. The standard InChI is InChI=1S/C17H15NO5/c1-11-2-4-17(14(8-11)18(20)21)23-10-15(19)12-3-5-16-13(9-12)6-7-22-16/h2-5,8-9H,6-7,10H2,1H3. The van der Waals surface area contributed by atoms with Gasteiger partial charge in [-0.15, -0.1) is 0 Å². The molecule has 0 fully saturated rings. The predicted molar refractivity (Wildman–Crippen MR) is 83.3 cm³/mol. The van der Waals surface area contributed by atoms with Crippen LogP contribution in [0.5, 0.6) is 11.5 Å². The van der Waals surface area contributed by atoms with Gasteiger partial charge in [0.25, 0.3) is 0 Å². The maximum absolute atomic E-state index is 12.2. The molecule has 0 bridgehead atoms. The molecule has 0 saturated heterocycles. The third-order valence-electron chi connectivity index (χ3n) is 3.68. The Morgan fingerprint density at radius 3 is 2.91 bits per heavy atom. The molecule has 6 nitrogen and oxygen atoms in total. The van der Waals surface area contributed by atoms with E-state index in [1.165, 1.54) is 12.1 Å². The first-order chi connectivity index (χ1) is 11.0. The molecule has 0 N–H and O–H groups in total. The number of hydrogen-bond donors (Lipinski definition) is 0. The van der Waals surface area contributed by atoms with Gasteiger partial charge < -0.3 is 9.47 Å². The number of Topliss-reactive ketones (excluding diaryl/α,β-unsaturated/α-hetero) is 1. The van der Waals surface area contributed by atoms with Gasteiger partial charge in [0.2, 0.25) is 0 Å². The number of hydrogen-bond acceptors (Lipinski definition) is 5. The monoisotopic (exact) mass is 313 g/mol. The van der Waals surface area contributed by atoms with Crippen LogP contribution in [0.3, 0.4) is 0 Å². The third kappa shape index (κ3) is 3.15. The molecule has 0 aliphatic carbocycles. The van der Waals surface area contributed by atoms with Crippen molar-refractivity contribution in [2.75, 3.05) is 13.2 Å². The van der Waals surface area contributed by atoms with Crippen LogP contribution in [0, 0.1) is 17.0 Å². The Hall–Kier alpha value is -2.89. The number of carbonyl (C=O) groups excluding carboxylic acids is 1. The van der Waals surface area contributed by atoms with Gasteiger partial charge in [0, 0.05) is 18.1 Å². The Morgan fingerprint density at radius 1 is 1.30 bits per heavy atom. The number of fused-ring (bicyclic) bond motifs is 1. The second-order valence-electron chi connectivity index (χ2n) is 5.36. The fourth-order valence-corrected chi connectivity index (χ4v) is 2.48. The molecule has 1 heterocycles. The molecular weight excluding hydrogens is 298 g/mol. The topological polar surface area (TPSA) is 78.7 Å². The van der Waals surface area contributed by atoms with Gasteiger partial charge in [-0.05, 0) is 42.3 Å². The largest absolute Gasteiger partial charge is 0.493 e. The number of nitro groups is 1. The van der Waals surface area contributed by atoms with Crippen LogP contribution >= 0.6 is 0 Å². The smallest absolute Gasteiger partial charge is 0.311 e. The fourth-order valence-electron chi connectivity index (χ4n) is 2.48. The van der Waals surface area contributed by atoms with Crippen LogP contribution in [0.1, 0.15) is 21.5 Å². The summed E-state index contributed by atoms with van der Waals surface area (Å²) < 4.78 is 10.8. The van der Waals surface area contributed by atoms with Crippen molar-refractivity contribution in [1.82, 2.24) is 0 Å². The highest BCUT2D eigenvalue weighted by Gasteiger charge is 2.18. The summed E-state index contributed by atoms with van der Waals surface area (Å²) in [5, 5.41) is 11.0. The van der Waals surface area contributed by atoms with Crippen molar-refractivity contribution in [3.8, 4) is 11.5 Å². The molecule has 23 heavy (non-hydrogen) atoms. The number of nitrogens with zero attached hydrogens (tertiary/aromatic N) is 1. The van der Waals surface area contributed by atoms with Crippen LogP contribution in [-0.2, 0) is 6.42 Å². The molecule has 2 aromatic rings. The van der Waals surface area contributed by atoms with Crippen molar-refractivity contribution in [2.24, 2.45) is 0 Å². The molecule has 0 spiro atoms. The highest BCUT2D eigenvalue weighted by atomic mass is 16.6. The Balaban J connectivity index is 1.73. The molecule has 2 aromatic carbocycles. The minimum absolute atomic E-state index is 0.0958. The summed E-state index contributed by atoms with van der Waals surface area (Å²) in [7, 11) is 0. The predicted octanol–water partition coefficient (Wildman–Crippen LogP) is 3.10. The molecule has 0 atom stereocenters. The van der Waals surface area contributed by atoms with Crippen molar-refractivity contribution < 1.29 is 19.2 Å². The van der Waals surface area contributed by atoms with Crippen molar-refractivity contribution in [1.29, 1.82) is 0 Å². The van der Waals surface area contributed by atoms with Crippen molar-refractivity contribution in [2.45, 2.75) is 13.3 Å². The Labute approximate surface area is 132 Å². The number of nitro benzene ring substituents is 1. The average Bonchev–Trinajstić information content (AvgIpc) is 3.00. The molecule has 6 heteroatoms. The molecule has 1 aliphatic rings. The zero-order valence-corrected chi connectivity index (χ0v) is 12.6. The first kappa shape index (κ1) is 15.0. The SMILES string of the molecule is Cc1ccc(OCC(=O)c2ccc3c(c2)CCO3)c([N+](=O)[O-])c1. The maximum atomic E-state index is 12.2. The molecule has 0 aromatic heterocycles. The maximum Gasteiger partial charge on any atom is 0.311 e. The van der Waals surface area contributed by atoms with Crippen LogP contribution < -0.4 is 9.47 Å².